The van der Waals surface area contributed by atoms with E-state index in [1.807, 2.05) is 6.07 Å². The molecule has 8 heteroatoms. The van der Waals surface area contributed by atoms with Gasteiger partial charge in [-0.2, -0.15) is 15.2 Å². The Balaban J connectivity index is 1.83. The fourth-order valence-electron chi connectivity index (χ4n) is 2.12. The van der Waals surface area contributed by atoms with Gasteiger partial charge in [0.15, 0.2) is 0 Å². The maximum Gasteiger partial charge on any atom is 0.231 e. The summed E-state index contributed by atoms with van der Waals surface area (Å²) >= 11 is 18.1. The zero-order chi connectivity index (χ0) is 17.8. The van der Waals surface area contributed by atoms with Crippen LogP contribution in [0.4, 0.5) is 11.6 Å². The highest BCUT2D eigenvalue weighted by Gasteiger charge is 2.09. The minimum Gasteiger partial charge on any atom is -0.324 e. The molecule has 0 saturated carbocycles. The largest absolute Gasteiger partial charge is 0.324 e. The van der Waals surface area contributed by atoms with E-state index in [0.29, 0.717) is 33.8 Å². The van der Waals surface area contributed by atoms with Crippen LogP contribution in [0.2, 0.25) is 15.3 Å². The first kappa shape index (κ1) is 17.4. The molecule has 124 valence electrons. The van der Waals surface area contributed by atoms with Gasteiger partial charge in [0.05, 0.1) is 11.6 Å². The summed E-state index contributed by atoms with van der Waals surface area (Å²) in [6.07, 6.45) is 0.389. The summed E-state index contributed by atoms with van der Waals surface area (Å²) in [4.78, 5) is 12.5. The summed E-state index contributed by atoms with van der Waals surface area (Å²) in [5, 5.41) is 13.0. The Hall–Kier alpha value is -2.39. The molecule has 5 nitrogen and oxygen atoms in total. The molecule has 0 spiro atoms. The van der Waals surface area contributed by atoms with Crippen LogP contribution in [0.3, 0.4) is 0 Å². The molecule has 0 amide bonds. The first-order valence-corrected chi connectivity index (χ1v) is 8.28. The Morgan fingerprint density at radius 1 is 0.960 bits per heavy atom. The number of rotatable bonds is 4. The van der Waals surface area contributed by atoms with E-state index >= 15 is 0 Å². The molecule has 1 N–H and O–H groups in total. The van der Waals surface area contributed by atoms with Crippen molar-refractivity contribution in [2.24, 2.45) is 0 Å². The Kier molecular flexibility index (Phi) is 5.34. The number of nitrogens with one attached hydrogen (secondary N) is 1. The number of nitrogens with zero attached hydrogens (tertiary/aromatic N) is 4. The number of nitriles is 1. The van der Waals surface area contributed by atoms with Gasteiger partial charge in [0.25, 0.3) is 0 Å². The lowest BCUT2D eigenvalue weighted by Gasteiger charge is -2.08. The van der Waals surface area contributed by atoms with Gasteiger partial charge in [-0.1, -0.05) is 29.3 Å². The van der Waals surface area contributed by atoms with Crippen LogP contribution in [0.1, 0.15) is 17.0 Å². The summed E-state index contributed by atoms with van der Waals surface area (Å²) in [5.74, 6) is 0.783. The highest BCUT2D eigenvalue weighted by Crippen LogP contribution is 2.23. The van der Waals surface area contributed by atoms with Crippen LogP contribution in [-0.4, -0.2) is 15.0 Å². The molecule has 1 heterocycles. The molecule has 3 aromatic rings. The van der Waals surface area contributed by atoms with Gasteiger partial charge in [-0.15, -0.1) is 0 Å². The number of hydrogen-bond donors (Lipinski definition) is 1. The second-order valence-corrected chi connectivity index (χ2v) is 6.25. The van der Waals surface area contributed by atoms with Crippen molar-refractivity contribution in [3.8, 4) is 6.07 Å². The van der Waals surface area contributed by atoms with Gasteiger partial charge in [0, 0.05) is 22.2 Å². The zero-order valence-corrected chi connectivity index (χ0v) is 14.9. The number of benzene rings is 2. The molecule has 25 heavy (non-hydrogen) atoms. The van der Waals surface area contributed by atoms with Crippen LogP contribution >= 0.6 is 34.8 Å². The van der Waals surface area contributed by atoms with Crippen molar-refractivity contribution in [3.63, 3.8) is 0 Å². The average Bonchev–Trinajstić information content (AvgIpc) is 2.58. The van der Waals surface area contributed by atoms with Crippen molar-refractivity contribution < 1.29 is 0 Å². The van der Waals surface area contributed by atoms with E-state index in [1.165, 1.54) is 0 Å². The van der Waals surface area contributed by atoms with Gasteiger partial charge in [-0.05, 0) is 53.6 Å². The number of hydrogen-bond acceptors (Lipinski definition) is 5. The van der Waals surface area contributed by atoms with Crippen molar-refractivity contribution in [1.82, 2.24) is 15.0 Å². The third-order valence-corrected chi connectivity index (χ3v) is 4.04. The molecule has 0 atom stereocenters. The Labute approximate surface area is 159 Å². The summed E-state index contributed by atoms with van der Waals surface area (Å²) in [7, 11) is 0. The molecule has 3 rings (SSSR count). The molecule has 0 saturated heterocycles. The van der Waals surface area contributed by atoms with Crippen molar-refractivity contribution in [3.05, 3.63) is 74.7 Å². The minimum absolute atomic E-state index is 0.0752. The molecule has 0 aliphatic carbocycles. The van der Waals surface area contributed by atoms with E-state index in [1.54, 1.807) is 36.4 Å². The summed E-state index contributed by atoms with van der Waals surface area (Å²) in [6, 6.07) is 14.2. The standard InChI is InChI=1S/C17H10Cl3N5/c18-12-4-3-11(14(19)8-12)7-15-23-16(20)25-17(24-15)22-13-5-1-10(9-21)2-6-13/h1-6,8H,7H2,(H,22,23,24,25). The van der Waals surface area contributed by atoms with Crippen molar-refractivity contribution in [2.75, 3.05) is 5.32 Å². The lowest BCUT2D eigenvalue weighted by molar-refractivity contribution is 0.926. The number of anilines is 2. The van der Waals surface area contributed by atoms with Crippen LogP contribution in [0.5, 0.6) is 0 Å². The predicted molar refractivity (Wildman–Crippen MR) is 98.5 cm³/mol. The van der Waals surface area contributed by atoms with Crippen molar-refractivity contribution >= 4 is 46.4 Å². The molecule has 0 aliphatic rings. The van der Waals surface area contributed by atoms with Crippen LogP contribution in [-0.2, 0) is 6.42 Å². The van der Waals surface area contributed by atoms with Crippen LogP contribution in [0.15, 0.2) is 42.5 Å². The molecule has 1 aromatic heterocycles. The van der Waals surface area contributed by atoms with Gasteiger partial charge < -0.3 is 5.32 Å². The van der Waals surface area contributed by atoms with Crippen molar-refractivity contribution in [1.29, 1.82) is 5.26 Å². The van der Waals surface area contributed by atoms with Crippen LogP contribution < -0.4 is 5.32 Å². The molecular formula is C17H10Cl3N5. The fraction of sp³-hybridized carbons (Fsp3) is 0.0588. The number of halogens is 3. The molecule has 0 radical (unpaired) electrons. The Bertz CT molecular complexity index is 951. The summed E-state index contributed by atoms with van der Waals surface area (Å²) in [5.41, 5.74) is 2.13. The maximum absolute atomic E-state index is 8.83. The van der Waals surface area contributed by atoms with E-state index in [-0.39, 0.29) is 5.28 Å². The van der Waals surface area contributed by atoms with E-state index in [4.69, 9.17) is 40.1 Å². The SMILES string of the molecule is N#Cc1ccc(Nc2nc(Cl)nc(Cc3ccc(Cl)cc3Cl)n2)cc1. The van der Waals surface area contributed by atoms with Gasteiger partial charge in [-0.3, -0.25) is 0 Å². The second-order valence-electron chi connectivity index (χ2n) is 5.07. The molecule has 0 fully saturated rings. The molecular weight excluding hydrogens is 381 g/mol. The molecule has 0 unspecified atom stereocenters. The van der Waals surface area contributed by atoms with Gasteiger partial charge in [-0.25, -0.2) is 4.98 Å². The maximum atomic E-state index is 8.83. The summed E-state index contributed by atoms with van der Waals surface area (Å²) in [6.45, 7) is 0. The minimum atomic E-state index is 0.0752. The average molecular weight is 391 g/mol. The fourth-order valence-corrected chi connectivity index (χ4v) is 2.77. The quantitative estimate of drug-likeness (QED) is 0.675. The van der Waals surface area contributed by atoms with Crippen molar-refractivity contribution in [2.45, 2.75) is 6.42 Å². The van der Waals surface area contributed by atoms with Gasteiger partial charge in [0.1, 0.15) is 5.82 Å². The van der Waals surface area contributed by atoms with Gasteiger partial charge in [0.2, 0.25) is 11.2 Å². The van der Waals surface area contributed by atoms with Crippen LogP contribution in [0.25, 0.3) is 0 Å². The monoisotopic (exact) mass is 389 g/mol. The molecule has 0 aliphatic heterocycles. The molecule has 0 bridgehead atoms. The normalized spacial score (nSPS) is 10.3. The topological polar surface area (TPSA) is 74.5 Å². The molecule has 2 aromatic carbocycles. The third-order valence-electron chi connectivity index (χ3n) is 3.29. The highest BCUT2D eigenvalue weighted by molar-refractivity contribution is 6.35. The Morgan fingerprint density at radius 2 is 1.72 bits per heavy atom. The lowest BCUT2D eigenvalue weighted by atomic mass is 10.1. The highest BCUT2D eigenvalue weighted by atomic mass is 35.5. The van der Waals surface area contributed by atoms with E-state index < -0.39 is 0 Å². The lowest BCUT2D eigenvalue weighted by Crippen LogP contribution is -2.04. The first-order chi connectivity index (χ1) is 12.0. The predicted octanol–water partition coefficient (Wildman–Crippen LogP) is 5.04. The van der Waals surface area contributed by atoms with E-state index in [2.05, 4.69) is 26.3 Å². The Morgan fingerprint density at radius 3 is 2.40 bits per heavy atom. The van der Waals surface area contributed by atoms with E-state index in [0.717, 1.165) is 11.3 Å². The second kappa shape index (κ2) is 7.66. The van der Waals surface area contributed by atoms with Crippen LogP contribution in [0, 0.1) is 11.3 Å². The van der Waals surface area contributed by atoms with Gasteiger partial charge >= 0.3 is 0 Å². The first-order valence-electron chi connectivity index (χ1n) is 7.15. The zero-order valence-electron chi connectivity index (χ0n) is 12.7. The third kappa shape index (κ3) is 4.58. The smallest absolute Gasteiger partial charge is 0.231 e. The van der Waals surface area contributed by atoms with E-state index in [9.17, 15) is 0 Å². The number of aromatic nitrogens is 3. The summed E-state index contributed by atoms with van der Waals surface area (Å²) < 4.78 is 0.